The van der Waals surface area contributed by atoms with Crippen LogP contribution in [-0.2, 0) is 11.2 Å². The van der Waals surface area contributed by atoms with Gasteiger partial charge in [0.2, 0.25) is 0 Å². The van der Waals surface area contributed by atoms with E-state index in [1.54, 1.807) is 18.2 Å². The maximum absolute atomic E-state index is 13.4. The smallest absolute Gasteiger partial charge is 0.303 e. The minimum absolute atomic E-state index is 0.00998. The van der Waals surface area contributed by atoms with Crippen molar-refractivity contribution in [3.63, 3.8) is 0 Å². The zero-order chi connectivity index (χ0) is 28.1. The van der Waals surface area contributed by atoms with E-state index >= 15 is 0 Å². The van der Waals surface area contributed by atoms with E-state index in [4.69, 9.17) is 15.1 Å². The third-order valence-electron chi connectivity index (χ3n) is 7.65. The lowest BCUT2D eigenvalue weighted by molar-refractivity contribution is -0.137. The number of rotatable bonds is 9. The third-order valence-corrected chi connectivity index (χ3v) is 7.65. The molecule has 40 heavy (non-hydrogen) atoms. The molecule has 0 bridgehead atoms. The van der Waals surface area contributed by atoms with Crippen LogP contribution in [0.3, 0.4) is 0 Å². The van der Waals surface area contributed by atoms with Gasteiger partial charge in [-0.1, -0.05) is 54.6 Å². The van der Waals surface area contributed by atoms with E-state index in [1.807, 2.05) is 35.2 Å². The van der Waals surface area contributed by atoms with Crippen LogP contribution in [0, 0.1) is 0 Å². The molecular weight excluding hydrogens is 502 g/mol. The van der Waals surface area contributed by atoms with Crippen LogP contribution in [0.15, 0.2) is 72.8 Å². The summed E-state index contributed by atoms with van der Waals surface area (Å²) in [7, 11) is 0. The van der Waals surface area contributed by atoms with E-state index in [1.165, 1.54) is 12.5 Å². The van der Waals surface area contributed by atoms with Gasteiger partial charge in [0, 0.05) is 36.2 Å². The monoisotopic (exact) mass is 535 g/mol. The number of nitrogens with zero attached hydrogens (tertiary/aromatic N) is 3. The highest BCUT2D eigenvalue weighted by atomic mass is 16.4. The minimum Gasteiger partial charge on any atom is -0.481 e. The number of ketones is 1. The average Bonchev–Trinajstić information content (AvgIpc) is 2.98. The molecule has 7 nitrogen and oxygen atoms in total. The summed E-state index contributed by atoms with van der Waals surface area (Å²) in [5.41, 5.74) is 5.75. The molecule has 204 valence electrons. The number of piperidine rings is 1. The molecule has 5 rings (SSSR count). The van der Waals surface area contributed by atoms with Gasteiger partial charge in [-0.05, 0) is 68.7 Å². The fraction of sp³-hybridized carbons (Fsp3) is 0.303. The van der Waals surface area contributed by atoms with Crippen LogP contribution in [0.25, 0.3) is 22.3 Å². The van der Waals surface area contributed by atoms with E-state index < -0.39 is 5.97 Å². The molecule has 1 N–H and O–H groups in total. The van der Waals surface area contributed by atoms with Gasteiger partial charge in [0.1, 0.15) is 0 Å². The summed E-state index contributed by atoms with van der Waals surface area (Å²) < 4.78 is 0. The Morgan fingerprint density at radius 2 is 1.60 bits per heavy atom. The number of carboxylic acids is 1. The van der Waals surface area contributed by atoms with Gasteiger partial charge in [0.25, 0.3) is 5.91 Å². The summed E-state index contributed by atoms with van der Waals surface area (Å²) in [6.45, 7) is 2.94. The average molecular weight is 536 g/mol. The predicted octanol–water partition coefficient (Wildman–Crippen LogP) is 6.32. The number of hydrogen-bond donors (Lipinski definition) is 1. The lowest BCUT2D eigenvalue weighted by Gasteiger charge is -2.32. The number of fused-ring (bicyclic) bond motifs is 1. The number of amides is 1. The van der Waals surface area contributed by atoms with E-state index in [-0.39, 0.29) is 18.1 Å². The van der Waals surface area contributed by atoms with Crippen LogP contribution in [0.5, 0.6) is 0 Å². The fourth-order valence-corrected chi connectivity index (χ4v) is 5.50. The van der Waals surface area contributed by atoms with Crippen molar-refractivity contribution in [2.75, 3.05) is 13.1 Å². The molecule has 0 aliphatic carbocycles. The molecule has 1 fully saturated rings. The molecular formula is C33H33N3O4. The first kappa shape index (κ1) is 27.2. The van der Waals surface area contributed by atoms with Gasteiger partial charge in [0.05, 0.1) is 22.4 Å². The number of Topliss-reactive ketones (excluding diaryl/α,β-unsaturated/α-hetero) is 1. The van der Waals surface area contributed by atoms with Crippen molar-refractivity contribution in [3.8, 4) is 11.3 Å². The maximum Gasteiger partial charge on any atom is 0.303 e. The zero-order valence-electron chi connectivity index (χ0n) is 22.7. The van der Waals surface area contributed by atoms with Crippen LogP contribution in [0.4, 0.5) is 0 Å². The molecule has 0 unspecified atom stereocenters. The number of carbonyl (C=O) groups excluding carboxylic acids is 2. The van der Waals surface area contributed by atoms with Gasteiger partial charge in [0.15, 0.2) is 5.78 Å². The van der Waals surface area contributed by atoms with E-state index in [2.05, 4.69) is 24.3 Å². The quantitative estimate of drug-likeness (QED) is 0.199. The van der Waals surface area contributed by atoms with Crippen LogP contribution >= 0.6 is 0 Å². The molecule has 0 atom stereocenters. The third kappa shape index (κ3) is 6.09. The number of aryl methyl sites for hydroxylation is 1. The highest BCUT2D eigenvalue weighted by Gasteiger charge is 2.25. The fourth-order valence-electron chi connectivity index (χ4n) is 5.50. The minimum atomic E-state index is -0.831. The molecule has 1 aliphatic rings. The molecule has 1 saturated heterocycles. The second kappa shape index (κ2) is 12.2. The van der Waals surface area contributed by atoms with Gasteiger partial charge >= 0.3 is 5.97 Å². The zero-order valence-corrected chi connectivity index (χ0v) is 22.7. The summed E-state index contributed by atoms with van der Waals surface area (Å²) in [6.07, 6.45) is 3.60. The summed E-state index contributed by atoms with van der Waals surface area (Å²) in [5.74, 6) is -0.439. The number of carbonyl (C=O) groups is 3. The standard InChI is InChI=1S/C33H33N3O4/c1-22(37)26-11-5-6-12-27(26)32-29(13-7-8-14-31(38)39)34-30-21-25(15-16-28(30)35-32)33(40)36-19-17-24(18-20-36)23-9-3-2-4-10-23/h2-6,9-12,15-16,21,24H,7-8,13-14,17-20H2,1H3,(H,38,39). The number of benzene rings is 3. The highest BCUT2D eigenvalue weighted by Crippen LogP contribution is 2.30. The Morgan fingerprint density at radius 1 is 0.875 bits per heavy atom. The number of aromatic nitrogens is 2. The first-order chi connectivity index (χ1) is 19.4. The molecule has 0 saturated carbocycles. The topological polar surface area (TPSA) is 100 Å². The van der Waals surface area contributed by atoms with E-state index in [9.17, 15) is 14.4 Å². The van der Waals surface area contributed by atoms with Gasteiger partial charge in [-0.25, -0.2) is 9.97 Å². The molecule has 2 heterocycles. The summed E-state index contributed by atoms with van der Waals surface area (Å²) in [4.78, 5) is 48.6. The number of aliphatic carboxylic acids is 1. The van der Waals surface area contributed by atoms with Crippen molar-refractivity contribution in [2.45, 2.75) is 51.4 Å². The maximum atomic E-state index is 13.4. The normalized spacial score (nSPS) is 13.9. The Labute approximate surface area is 233 Å². The molecule has 1 aliphatic heterocycles. The summed E-state index contributed by atoms with van der Waals surface area (Å²) in [5, 5.41) is 9.04. The van der Waals surface area contributed by atoms with Crippen LogP contribution < -0.4 is 0 Å². The van der Waals surface area contributed by atoms with Crippen molar-refractivity contribution in [2.24, 2.45) is 0 Å². The van der Waals surface area contributed by atoms with Crippen molar-refractivity contribution in [1.29, 1.82) is 0 Å². The number of hydrogen-bond acceptors (Lipinski definition) is 5. The highest BCUT2D eigenvalue weighted by molar-refractivity contribution is 6.01. The molecule has 7 heteroatoms. The van der Waals surface area contributed by atoms with Crippen LogP contribution in [0.1, 0.15) is 76.9 Å². The van der Waals surface area contributed by atoms with E-state index in [0.717, 1.165) is 12.8 Å². The Balaban J connectivity index is 1.42. The summed E-state index contributed by atoms with van der Waals surface area (Å²) in [6, 6.07) is 23.2. The molecule has 1 amide bonds. The molecule has 3 aromatic carbocycles. The second-order valence-corrected chi connectivity index (χ2v) is 10.4. The first-order valence-corrected chi connectivity index (χ1v) is 13.9. The van der Waals surface area contributed by atoms with Crippen molar-refractivity contribution < 1.29 is 19.5 Å². The number of likely N-dealkylation sites (tertiary alicyclic amines) is 1. The molecule has 0 spiro atoms. The Bertz CT molecular complexity index is 1540. The Morgan fingerprint density at radius 3 is 2.33 bits per heavy atom. The SMILES string of the molecule is CC(=O)c1ccccc1-c1nc2ccc(C(=O)N3CCC(c4ccccc4)CC3)cc2nc1CCCCC(=O)O. The lowest BCUT2D eigenvalue weighted by atomic mass is 9.89. The number of unbranched alkanes of at least 4 members (excludes halogenated alkanes) is 1. The summed E-state index contributed by atoms with van der Waals surface area (Å²) >= 11 is 0. The first-order valence-electron chi connectivity index (χ1n) is 13.9. The second-order valence-electron chi connectivity index (χ2n) is 10.4. The van der Waals surface area contributed by atoms with Crippen molar-refractivity contribution in [1.82, 2.24) is 14.9 Å². The molecule has 4 aromatic rings. The largest absolute Gasteiger partial charge is 0.481 e. The molecule has 0 radical (unpaired) electrons. The van der Waals surface area contributed by atoms with Crippen LogP contribution in [0.2, 0.25) is 0 Å². The Kier molecular flexibility index (Phi) is 8.29. The van der Waals surface area contributed by atoms with Gasteiger partial charge in [-0.3, -0.25) is 14.4 Å². The van der Waals surface area contributed by atoms with Crippen molar-refractivity contribution >= 4 is 28.7 Å². The van der Waals surface area contributed by atoms with Crippen LogP contribution in [-0.4, -0.2) is 50.7 Å². The van der Waals surface area contributed by atoms with Gasteiger partial charge < -0.3 is 10.0 Å². The predicted molar refractivity (Wildman–Crippen MR) is 154 cm³/mol. The van der Waals surface area contributed by atoms with Gasteiger partial charge in [-0.15, -0.1) is 0 Å². The van der Waals surface area contributed by atoms with Gasteiger partial charge in [-0.2, -0.15) is 0 Å². The van der Waals surface area contributed by atoms with E-state index in [0.29, 0.717) is 77.4 Å². The Hall–Kier alpha value is -4.39. The molecule has 1 aromatic heterocycles. The lowest BCUT2D eigenvalue weighted by Crippen LogP contribution is -2.37. The number of carboxylic acid groups (broad SMARTS) is 1. The van der Waals surface area contributed by atoms with Crippen molar-refractivity contribution in [3.05, 3.63) is 95.2 Å².